The molecule has 0 amide bonds. The van der Waals surface area contributed by atoms with Gasteiger partial charge in [-0.05, 0) is 38.5 Å². The van der Waals surface area contributed by atoms with Gasteiger partial charge in [0.1, 0.15) is 11.1 Å². The van der Waals surface area contributed by atoms with E-state index in [1.54, 1.807) is 22.1 Å². The van der Waals surface area contributed by atoms with Crippen molar-refractivity contribution in [3.63, 3.8) is 0 Å². The van der Waals surface area contributed by atoms with Crippen molar-refractivity contribution in [2.45, 2.75) is 76.3 Å². The Morgan fingerprint density at radius 3 is 2.93 bits per heavy atom. The number of ether oxygens (including phenoxy) is 2. The fourth-order valence-corrected chi connectivity index (χ4v) is 5.54. The second-order valence-electron chi connectivity index (χ2n) is 8.25. The predicted octanol–water partition coefficient (Wildman–Crippen LogP) is 2.90. The summed E-state index contributed by atoms with van der Waals surface area (Å²) in [5.74, 6) is 0. The predicted molar refractivity (Wildman–Crippen MR) is 110 cm³/mol. The van der Waals surface area contributed by atoms with Crippen molar-refractivity contribution in [3.05, 3.63) is 43.8 Å². The molecule has 8 heteroatoms. The molecule has 1 unspecified atom stereocenters. The molecular weight excluding hydrogens is 388 g/mol. The third-order valence-electron chi connectivity index (χ3n) is 6.25. The highest BCUT2D eigenvalue weighted by molar-refractivity contribution is 7.11. The van der Waals surface area contributed by atoms with Gasteiger partial charge in [0.05, 0.1) is 24.9 Å². The Bertz CT molecular complexity index is 898. The minimum absolute atomic E-state index is 0.0111. The van der Waals surface area contributed by atoms with Crippen LogP contribution in [-0.2, 0) is 29.0 Å². The first kappa shape index (κ1) is 19.4. The van der Waals surface area contributed by atoms with Gasteiger partial charge < -0.3 is 14.8 Å². The maximum Gasteiger partial charge on any atom is 0.267 e. The molecule has 7 nitrogen and oxygen atoms in total. The van der Waals surface area contributed by atoms with Crippen LogP contribution < -0.4 is 10.9 Å². The Kier molecular flexibility index (Phi) is 5.76. The fourth-order valence-electron chi connectivity index (χ4n) is 4.59. The van der Waals surface area contributed by atoms with E-state index in [1.165, 1.54) is 4.88 Å². The van der Waals surface area contributed by atoms with Gasteiger partial charge in [-0.25, -0.2) is 9.67 Å². The van der Waals surface area contributed by atoms with Gasteiger partial charge in [-0.15, -0.1) is 11.3 Å². The van der Waals surface area contributed by atoms with Crippen LogP contribution in [0.4, 0.5) is 0 Å². The molecule has 156 valence electrons. The van der Waals surface area contributed by atoms with Gasteiger partial charge in [0, 0.05) is 48.3 Å². The minimum atomic E-state index is 0.0111. The zero-order valence-electron chi connectivity index (χ0n) is 16.6. The zero-order valence-corrected chi connectivity index (χ0v) is 17.5. The van der Waals surface area contributed by atoms with Gasteiger partial charge in [-0.2, -0.15) is 5.10 Å². The van der Waals surface area contributed by atoms with Gasteiger partial charge in [-0.3, -0.25) is 4.79 Å². The first-order valence-electron chi connectivity index (χ1n) is 10.8. The van der Waals surface area contributed by atoms with Crippen LogP contribution in [0, 0.1) is 0 Å². The molecule has 1 atom stereocenters. The first-order valence-corrected chi connectivity index (χ1v) is 11.6. The molecule has 0 aromatic carbocycles. The van der Waals surface area contributed by atoms with E-state index < -0.39 is 0 Å². The number of hydrogen-bond donors (Lipinski definition) is 1. The van der Waals surface area contributed by atoms with E-state index in [0.717, 1.165) is 74.4 Å². The van der Waals surface area contributed by atoms with Crippen LogP contribution in [0.25, 0.3) is 0 Å². The van der Waals surface area contributed by atoms with E-state index in [9.17, 15) is 4.79 Å². The summed E-state index contributed by atoms with van der Waals surface area (Å²) < 4.78 is 12.9. The molecule has 2 aromatic rings. The monoisotopic (exact) mass is 416 g/mol. The SMILES string of the molecule is O=c1cc2c(nn1C1CCC(NCc3cnc(C4CCCO4)s3)CC1)CCOC2. The molecule has 2 fully saturated rings. The number of hydrogen-bond acceptors (Lipinski definition) is 7. The van der Waals surface area contributed by atoms with Crippen molar-refractivity contribution in [2.75, 3.05) is 13.2 Å². The number of thiazole rings is 1. The number of nitrogens with one attached hydrogen (secondary N) is 1. The van der Waals surface area contributed by atoms with Crippen LogP contribution in [0.15, 0.2) is 17.1 Å². The lowest BCUT2D eigenvalue weighted by molar-refractivity contribution is 0.107. The summed E-state index contributed by atoms with van der Waals surface area (Å²) in [6.07, 6.45) is 9.33. The van der Waals surface area contributed by atoms with Crippen LogP contribution in [-0.4, -0.2) is 34.0 Å². The topological polar surface area (TPSA) is 78.3 Å². The number of fused-ring (bicyclic) bond motifs is 1. The fraction of sp³-hybridized carbons (Fsp3) is 0.667. The molecule has 2 aromatic heterocycles. The van der Waals surface area contributed by atoms with E-state index in [0.29, 0.717) is 19.3 Å². The third-order valence-corrected chi connectivity index (χ3v) is 7.34. The van der Waals surface area contributed by atoms with Crippen molar-refractivity contribution < 1.29 is 9.47 Å². The standard InChI is InChI=1S/C21H28N4O3S/c26-20-10-14-13-27-9-7-18(14)24-25(20)16-5-3-15(4-6-16)22-11-17-12-23-21(29-17)19-2-1-8-28-19/h10,12,15-16,19,22H,1-9,11,13H2. The number of rotatable bonds is 5. The second kappa shape index (κ2) is 8.63. The molecule has 1 saturated carbocycles. The molecule has 0 spiro atoms. The van der Waals surface area contributed by atoms with Crippen LogP contribution >= 0.6 is 11.3 Å². The van der Waals surface area contributed by atoms with Gasteiger partial charge in [0.25, 0.3) is 5.56 Å². The van der Waals surface area contributed by atoms with Gasteiger partial charge >= 0.3 is 0 Å². The van der Waals surface area contributed by atoms with E-state index in [-0.39, 0.29) is 17.7 Å². The van der Waals surface area contributed by atoms with Crippen LogP contribution in [0.3, 0.4) is 0 Å². The highest BCUT2D eigenvalue weighted by atomic mass is 32.1. The lowest BCUT2D eigenvalue weighted by Gasteiger charge is -2.30. The number of nitrogens with zero attached hydrogens (tertiary/aromatic N) is 3. The Balaban J connectivity index is 1.15. The smallest absolute Gasteiger partial charge is 0.267 e. The average molecular weight is 417 g/mol. The van der Waals surface area contributed by atoms with E-state index in [1.807, 2.05) is 6.20 Å². The molecule has 29 heavy (non-hydrogen) atoms. The van der Waals surface area contributed by atoms with Crippen LogP contribution in [0.5, 0.6) is 0 Å². The van der Waals surface area contributed by atoms with E-state index in [2.05, 4.69) is 15.4 Å². The number of aromatic nitrogens is 3. The van der Waals surface area contributed by atoms with Crippen molar-refractivity contribution in [1.29, 1.82) is 0 Å². The van der Waals surface area contributed by atoms with E-state index in [4.69, 9.17) is 9.47 Å². The van der Waals surface area contributed by atoms with Crippen molar-refractivity contribution >= 4 is 11.3 Å². The Hall–Kier alpha value is -1.61. The summed E-state index contributed by atoms with van der Waals surface area (Å²) in [6, 6.07) is 2.42. The maximum atomic E-state index is 12.5. The highest BCUT2D eigenvalue weighted by Crippen LogP contribution is 2.32. The Morgan fingerprint density at radius 2 is 2.10 bits per heavy atom. The average Bonchev–Trinajstić information content (AvgIpc) is 3.44. The summed E-state index contributed by atoms with van der Waals surface area (Å²) in [4.78, 5) is 18.3. The van der Waals surface area contributed by atoms with E-state index >= 15 is 0 Å². The molecule has 5 rings (SSSR count). The summed E-state index contributed by atoms with van der Waals surface area (Å²) in [7, 11) is 0. The molecule has 1 aliphatic carbocycles. The maximum absolute atomic E-state index is 12.5. The molecule has 1 N–H and O–H groups in total. The normalized spacial score (nSPS) is 27.1. The van der Waals surface area contributed by atoms with Crippen LogP contribution in [0.2, 0.25) is 0 Å². The quantitative estimate of drug-likeness (QED) is 0.808. The second-order valence-corrected chi connectivity index (χ2v) is 9.40. The Labute approximate surface area is 174 Å². The molecular formula is C21H28N4O3S. The first-order chi connectivity index (χ1) is 14.3. The molecule has 0 bridgehead atoms. The van der Waals surface area contributed by atoms with Crippen molar-refractivity contribution in [2.24, 2.45) is 0 Å². The third kappa shape index (κ3) is 4.30. The van der Waals surface area contributed by atoms with Crippen molar-refractivity contribution in [1.82, 2.24) is 20.1 Å². The van der Waals surface area contributed by atoms with Crippen molar-refractivity contribution in [3.8, 4) is 0 Å². The highest BCUT2D eigenvalue weighted by Gasteiger charge is 2.25. The molecule has 2 aliphatic heterocycles. The lowest BCUT2D eigenvalue weighted by Crippen LogP contribution is -2.37. The molecule has 4 heterocycles. The molecule has 0 radical (unpaired) electrons. The molecule has 3 aliphatic rings. The zero-order chi connectivity index (χ0) is 19.6. The lowest BCUT2D eigenvalue weighted by atomic mass is 9.91. The summed E-state index contributed by atoms with van der Waals surface area (Å²) in [5, 5.41) is 9.48. The largest absolute Gasteiger partial charge is 0.376 e. The van der Waals surface area contributed by atoms with Crippen LogP contribution in [0.1, 0.15) is 71.8 Å². The summed E-state index contributed by atoms with van der Waals surface area (Å²) in [5.41, 5.74) is 2.00. The molecule has 1 saturated heterocycles. The Morgan fingerprint density at radius 1 is 1.21 bits per heavy atom. The minimum Gasteiger partial charge on any atom is -0.376 e. The van der Waals surface area contributed by atoms with Gasteiger partial charge in [-0.1, -0.05) is 0 Å². The van der Waals surface area contributed by atoms with Gasteiger partial charge in [0.15, 0.2) is 0 Å². The summed E-state index contributed by atoms with van der Waals surface area (Å²) in [6.45, 7) is 2.93. The van der Waals surface area contributed by atoms with Gasteiger partial charge in [0.2, 0.25) is 0 Å². The summed E-state index contributed by atoms with van der Waals surface area (Å²) >= 11 is 1.77.